The number of amides is 1. The van der Waals surface area contributed by atoms with E-state index in [0.717, 1.165) is 20.9 Å². The molecule has 0 aliphatic carbocycles. The third kappa shape index (κ3) is 3.20. The number of halogens is 1. The zero-order chi connectivity index (χ0) is 15.4. The number of hydrogen-bond donors (Lipinski definition) is 1. The third-order valence-corrected chi connectivity index (χ3v) is 3.67. The lowest BCUT2D eigenvalue weighted by atomic mass is 10.1. The largest absolute Gasteiger partial charge is 0.271 e. The van der Waals surface area contributed by atoms with Gasteiger partial charge in [-0.05, 0) is 30.3 Å². The minimum Gasteiger partial charge on any atom is -0.267 e. The second-order valence-corrected chi connectivity index (χ2v) is 5.54. The number of para-hydroxylation sites is 1. The lowest BCUT2D eigenvalue weighted by molar-refractivity contribution is 0.0955. The van der Waals surface area contributed by atoms with Gasteiger partial charge in [-0.1, -0.05) is 40.2 Å². The van der Waals surface area contributed by atoms with Crippen LogP contribution in [0.3, 0.4) is 0 Å². The molecule has 0 unspecified atom stereocenters. The van der Waals surface area contributed by atoms with Crippen molar-refractivity contribution in [3.05, 3.63) is 76.4 Å². The van der Waals surface area contributed by atoms with E-state index in [4.69, 9.17) is 0 Å². The van der Waals surface area contributed by atoms with Crippen LogP contribution in [0.15, 0.2) is 70.4 Å². The minimum absolute atomic E-state index is 0.253. The fourth-order valence-electron chi connectivity index (χ4n) is 2.06. The molecule has 22 heavy (non-hydrogen) atoms. The Hall–Kier alpha value is -2.53. The number of hydrogen-bond acceptors (Lipinski definition) is 3. The molecule has 0 bridgehead atoms. The Bertz CT molecular complexity index is 839. The van der Waals surface area contributed by atoms with Crippen molar-refractivity contribution in [1.82, 2.24) is 10.4 Å². The number of nitrogens with one attached hydrogen (secondary N) is 1. The van der Waals surface area contributed by atoms with Gasteiger partial charge in [-0.2, -0.15) is 5.10 Å². The molecular weight excluding hydrogens is 342 g/mol. The maximum absolute atomic E-state index is 12.0. The van der Waals surface area contributed by atoms with Gasteiger partial charge in [0.15, 0.2) is 0 Å². The highest BCUT2D eigenvalue weighted by atomic mass is 79.9. The molecule has 1 heterocycles. The van der Waals surface area contributed by atoms with Gasteiger partial charge in [-0.15, -0.1) is 0 Å². The van der Waals surface area contributed by atoms with Crippen LogP contribution in [0.2, 0.25) is 0 Å². The highest BCUT2D eigenvalue weighted by Gasteiger charge is 2.03. The van der Waals surface area contributed by atoms with Gasteiger partial charge in [-0.3, -0.25) is 9.78 Å². The Morgan fingerprint density at radius 3 is 2.68 bits per heavy atom. The molecule has 1 amide bonds. The summed E-state index contributed by atoms with van der Waals surface area (Å²) in [7, 11) is 0. The molecule has 3 aromatic rings. The van der Waals surface area contributed by atoms with Gasteiger partial charge in [0.25, 0.3) is 5.91 Å². The first-order valence-corrected chi connectivity index (χ1v) is 7.46. The second-order valence-electron chi connectivity index (χ2n) is 4.63. The first kappa shape index (κ1) is 14.4. The Morgan fingerprint density at radius 2 is 1.86 bits per heavy atom. The first-order chi connectivity index (χ1) is 10.7. The van der Waals surface area contributed by atoms with Gasteiger partial charge in [0, 0.05) is 27.2 Å². The Kier molecular flexibility index (Phi) is 4.25. The summed E-state index contributed by atoms with van der Waals surface area (Å²) >= 11 is 3.33. The van der Waals surface area contributed by atoms with Crippen LogP contribution >= 0.6 is 15.9 Å². The number of fused-ring (bicyclic) bond motifs is 1. The monoisotopic (exact) mass is 353 g/mol. The van der Waals surface area contributed by atoms with Gasteiger partial charge in [0.05, 0.1) is 11.7 Å². The number of carbonyl (C=O) groups is 1. The van der Waals surface area contributed by atoms with Crippen LogP contribution in [0, 0.1) is 0 Å². The summed E-state index contributed by atoms with van der Waals surface area (Å²) in [5.41, 5.74) is 4.78. The lowest BCUT2D eigenvalue weighted by Crippen LogP contribution is -2.17. The van der Waals surface area contributed by atoms with Crippen LogP contribution in [-0.2, 0) is 0 Å². The highest BCUT2D eigenvalue weighted by Crippen LogP contribution is 2.14. The molecule has 0 radical (unpaired) electrons. The molecule has 1 aromatic heterocycles. The van der Waals surface area contributed by atoms with Crippen molar-refractivity contribution in [2.24, 2.45) is 5.10 Å². The fourth-order valence-corrected chi connectivity index (χ4v) is 2.32. The Balaban J connectivity index is 1.76. The zero-order valence-corrected chi connectivity index (χ0v) is 13.1. The van der Waals surface area contributed by atoms with Gasteiger partial charge in [-0.25, -0.2) is 5.43 Å². The standard InChI is InChI=1S/C17H12BrN3O/c18-15-8-6-13(7-9-15)17(22)21-20-11-14-4-1-3-12-5-2-10-19-16(12)14/h1-11H,(H,21,22). The quantitative estimate of drug-likeness (QED) is 0.575. The maximum atomic E-state index is 12.0. The number of aromatic nitrogens is 1. The number of carbonyl (C=O) groups excluding carboxylic acids is 1. The van der Waals surface area contributed by atoms with Gasteiger partial charge < -0.3 is 0 Å². The Morgan fingerprint density at radius 1 is 1.09 bits per heavy atom. The first-order valence-electron chi connectivity index (χ1n) is 6.67. The summed E-state index contributed by atoms with van der Waals surface area (Å²) in [5, 5.41) is 5.05. The Labute approximate surface area is 136 Å². The van der Waals surface area contributed by atoms with Crippen LogP contribution in [0.5, 0.6) is 0 Å². The molecule has 0 atom stereocenters. The summed E-state index contributed by atoms with van der Waals surface area (Å²) in [6.45, 7) is 0. The van der Waals surface area contributed by atoms with E-state index in [0.29, 0.717) is 5.56 Å². The van der Waals surface area contributed by atoms with E-state index in [1.165, 1.54) is 0 Å². The number of rotatable bonds is 3. The molecule has 0 saturated heterocycles. The van der Waals surface area contributed by atoms with E-state index in [9.17, 15) is 4.79 Å². The predicted molar refractivity (Wildman–Crippen MR) is 90.9 cm³/mol. The molecular formula is C17H12BrN3O. The van der Waals surface area contributed by atoms with Crippen LogP contribution < -0.4 is 5.43 Å². The normalized spacial score (nSPS) is 11.0. The SMILES string of the molecule is O=C(NN=Cc1cccc2cccnc12)c1ccc(Br)cc1. The topological polar surface area (TPSA) is 54.4 Å². The second kappa shape index (κ2) is 6.49. The molecule has 0 fully saturated rings. The summed E-state index contributed by atoms with van der Waals surface area (Å²) in [6, 6.07) is 16.8. The molecule has 1 N–H and O–H groups in total. The summed E-state index contributed by atoms with van der Waals surface area (Å²) < 4.78 is 0.925. The smallest absolute Gasteiger partial charge is 0.267 e. The minimum atomic E-state index is -0.253. The number of nitrogens with zero attached hydrogens (tertiary/aromatic N) is 2. The van der Waals surface area contributed by atoms with Crippen molar-refractivity contribution >= 4 is 39.0 Å². The molecule has 0 spiro atoms. The molecule has 2 aromatic carbocycles. The number of benzene rings is 2. The molecule has 0 aliphatic rings. The summed E-state index contributed by atoms with van der Waals surface area (Å²) in [5.74, 6) is -0.253. The van der Waals surface area contributed by atoms with Crippen molar-refractivity contribution in [3.8, 4) is 0 Å². The van der Waals surface area contributed by atoms with Crippen molar-refractivity contribution < 1.29 is 4.79 Å². The van der Waals surface area contributed by atoms with E-state index in [1.807, 2.05) is 42.5 Å². The van der Waals surface area contributed by atoms with Gasteiger partial charge >= 0.3 is 0 Å². The molecule has 3 rings (SSSR count). The van der Waals surface area contributed by atoms with Crippen LogP contribution in [0.1, 0.15) is 15.9 Å². The van der Waals surface area contributed by atoms with Crippen molar-refractivity contribution in [2.75, 3.05) is 0 Å². The maximum Gasteiger partial charge on any atom is 0.271 e. The van der Waals surface area contributed by atoms with E-state index in [-0.39, 0.29) is 5.91 Å². The summed E-state index contributed by atoms with van der Waals surface area (Å²) in [6.07, 6.45) is 3.34. The average molecular weight is 354 g/mol. The van der Waals surface area contributed by atoms with Crippen LogP contribution in [0.4, 0.5) is 0 Å². The number of pyridine rings is 1. The van der Waals surface area contributed by atoms with E-state index < -0.39 is 0 Å². The van der Waals surface area contributed by atoms with E-state index >= 15 is 0 Å². The van der Waals surface area contributed by atoms with Crippen LogP contribution in [-0.4, -0.2) is 17.1 Å². The molecule has 4 nitrogen and oxygen atoms in total. The van der Waals surface area contributed by atoms with Crippen LogP contribution in [0.25, 0.3) is 10.9 Å². The summed E-state index contributed by atoms with van der Waals surface area (Å²) in [4.78, 5) is 16.3. The highest BCUT2D eigenvalue weighted by molar-refractivity contribution is 9.10. The average Bonchev–Trinajstić information content (AvgIpc) is 2.55. The van der Waals surface area contributed by atoms with E-state index in [1.54, 1.807) is 24.5 Å². The molecule has 0 saturated carbocycles. The van der Waals surface area contributed by atoms with Crippen molar-refractivity contribution in [2.45, 2.75) is 0 Å². The number of hydrazone groups is 1. The van der Waals surface area contributed by atoms with Gasteiger partial charge in [0.1, 0.15) is 0 Å². The molecule has 0 aliphatic heterocycles. The predicted octanol–water partition coefficient (Wildman–Crippen LogP) is 3.76. The lowest BCUT2D eigenvalue weighted by Gasteiger charge is -2.01. The van der Waals surface area contributed by atoms with Gasteiger partial charge in [0.2, 0.25) is 0 Å². The fraction of sp³-hybridized carbons (Fsp3) is 0. The molecule has 5 heteroatoms. The van der Waals surface area contributed by atoms with E-state index in [2.05, 4.69) is 31.4 Å². The van der Waals surface area contributed by atoms with Crippen molar-refractivity contribution in [1.29, 1.82) is 0 Å². The zero-order valence-electron chi connectivity index (χ0n) is 11.5. The van der Waals surface area contributed by atoms with Crippen molar-refractivity contribution in [3.63, 3.8) is 0 Å². The third-order valence-electron chi connectivity index (χ3n) is 3.14. The molecule has 108 valence electrons.